The Bertz CT molecular complexity index is 652. The van der Waals surface area contributed by atoms with Crippen LogP contribution in [0, 0.1) is 11.6 Å². The summed E-state index contributed by atoms with van der Waals surface area (Å²) in [5.74, 6) is -0.314. The first-order valence-corrected chi connectivity index (χ1v) is 8.08. The molecular weight excluding hydrogens is 360 g/mol. The van der Waals surface area contributed by atoms with Crippen molar-refractivity contribution in [2.75, 3.05) is 12.3 Å². The summed E-state index contributed by atoms with van der Waals surface area (Å²) < 4.78 is 33.3. The molecule has 2 aromatic carbocycles. The lowest BCUT2D eigenvalue weighted by Crippen LogP contribution is -1.97. The maximum Gasteiger partial charge on any atom is 0.144 e. The van der Waals surface area contributed by atoms with E-state index in [2.05, 4.69) is 15.9 Å². The number of ether oxygens (including phenoxy) is 1. The molecule has 0 atom stereocenters. The van der Waals surface area contributed by atoms with Crippen LogP contribution in [0.5, 0.6) is 5.75 Å². The molecule has 0 aliphatic carbocycles. The van der Waals surface area contributed by atoms with Crippen LogP contribution in [0.2, 0.25) is 0 Å². The van der Waals surface area contributed by atoms with E-state index in [0.29, 0.717) is 18.0 Å². The van der Waals surface area contributed by atoms with Crippen LogP contribution < -0.4 is 10.5 Å². The van der Waals surface area contributed by atoms with Gasteiger partial charge in [-0.3, -0.25) is 0 Å². The maximum atomic E-state index is 13.9. The summed E-state index contributed by atoms with van der Waals surface area (Å²) in [6, 6.07) is 7.85. The fourth-order valence-corrected chi connectivity index (χ4v) is 3.12. The minimum atomic E-state index is -0.581. The van der Waals surface area contributed by atoms with Gasteiger partial charge in [0.05, 0.1) is 11.1 Å². The SMILES string of the molecule is CCOc1ccc(N)c(SCc2c(F)ccc(Br)c2F)c1. The van der Waals surface area contributed by atoms with E-state index in [4.69, 9.17) is 10.5 Å². The first kappa shape index (κ1) is 16.1. The lowest BCUT2D eigenvalue weighted by atomic mass is 10.2. The summed E-state index contributed by atoms with van der Waals surface area (Å²) in [6.45, 7) is 2.43. The van der Waals surface area contributed by atoms with E-state index in [-0.39, 0.29) is 15.8 Å². The van der Waals surface area contributed by atoms with Crippen LogP contribution >= 0.6 is 27.7 Å². The second-order valence-electron chi connectivity index (χ2n) is 4.24. The molecule has 2 nitrogen and oxygen atoms in total. The van der Waals surface area contributed by atoms with Gasteiger partial charge in [0.15, 0.2) is 0 Å². The van der Waals surface area contributed by atoms with Gasteiger partial charge in [-0.2, -0.15) is 0 Å². The molecule has 112 valence electrons. The number of benzene rings is 2. The molecule has 2 aromatic rings. The minimum absolute atomic E-state index is 0.0237. The molecule has 0 saturated heterocycles. The molecule has 2 rings (SSSR count). The highest BCUT2D eigenvalue weighted by atomic mass is 79.9. The van der Waals surface area contributed by atoms with Crippen LogP contribution in [0.1, 0.15) is 12.5 Å². The lowest BCUT2D eigenvalue weighted by molar-refractivity contribution is 0.339. The molecule has 6 heteroatoms. The highest BCUT2D eigenvalue weighted by Crippen LogP contribution is 2.33. The third-order valence-corrected chi connectivity index (χ3v) is 4.52. The zero-order valence-corrected chi connectivity index (χ0v) is 13.7. The highest BCUT2D eigenvalue weighted by molar-refractivity contribution is 9.10. The molecule has 0 saturated carbocycles. The molecular formula is C15H14BrF2NOS. The predicted octanol–water partition coefficient (Wildman–Crippen LogP) is 5.00. The van der Waals surface area contributed by atoms with Gasteiger partial charge in [-0.15, -0.1) is 11.8 Å². The van der Waals surface area contributed by atoms with Crippen LogP contribution in [-0.4, -0.2) is 6.61 Å². The van der Waals surface area contributed by atoms with Crippen LogP contribution in [0.25, 0.3) is 0 Å². The normalized spacial score (nSPS) is 10.7. The number of rotatable bonds is 5. The summed E-state index contributed by atoms with van der Waals surface area (Å²) in [5, 5.41) is 0. The van der Waals surface area contributed by atoms with Crippen molar-refractivity contribution in [2.45, 2.75) is 17.6 Å². The highest BCUT2D eigenvalue weighted by Gasteiger charge is 2.13. The molecule has 21 heavy (non-hydrogen) atoms. The third kappa shape index (κ3) is 3.89. The summed E-state index contributed by atoms with van der Waals surface area (Å²) in [7, 11) is 0. The Morgan fingerprint density at radius 1 is 1.24 bits per heavy atom. The fourth-order valence-electron chi connectivity index (χ4n) is 1.75. The van der Waals surface area contributed by atoms with Gasteiger partial charge in [0.1, 0.15) is 17.4 Å². The molecule has 0 amide bonds. The number of nitrogens with two attached hydrogens (primary N) is 1. The van der Waals surface area contributed by atoms with E-state index in [1.165, 1.54) is 23.9 Å². The van der Waals surface area contributed by atoms with Crippen molar-refractivity contribution in [3.8, 4) is 5.75 Å². The van der Waals surface area contributed by atoms with Gasteiger partial charge in [0.2, 0.25) is 0 Å². The van der Waals surface area contributed by atoms with Crippen molar-refractivity contribution in [2.24, 2.45) is 0 Å². The Hall–Kier alpha value is -1.27. The Labute approximate surface area is 134 Å². The van der Waals surface area contributed by atoms with Gasteiger partial charge >= 0.3 is 0 Å². The largest absolute Gasteiger partial charge is 0.494 e. The van der Waals surface area contributed by atoms with E-state index >= 15 is 0 Å². The molecule has 0 unspecified atom stereocenters. The monoisotopic (exact) mass is 373 g/mol. The van der Waals surface area contributed by atoms with Crippen molar-refractivity contribution >= 4 is 33.4 Å². The number of nitrogen functional groups attached to an aromatic ring is 1. The first-order chi connectivity index (χ1) is 10.0. The Balaban J connectivity index is 2.20. The number of anilines is 1. The second-order valence-corrected chi connectivity index (χ2v) is 6.11. The molecule has 0 fully saturated rings. The molecule has 2 N–H and O–H groups in total. The average molecular weight is 374 g/mol. The molecule has 0 bridgehead atoms. The van der Waals surface area contributed by atoms with Crippen LogP contribution in [0.4, 0.5) is 14.5 Å². The molecule has 0 heterocycles. The Kier molecular flexibility index (Phi) is 5.47. The zero-order valence-electron chi connectivity index (χ0n) is 11.3. The number of hydrogen-bond donors (Lipinski definition) is 1. The molecule has 0 aliphatic rings. The van der Waals surface area contributed by atoms with Crippen LogP contribution in [-0.2, 0) is 5.75 Å². The van der Waals surface area contributed by atoms with Gasteiger partial charge in [0.25, 0.3) is 0 Å². The molecule has 0 spiro atoms. The van der Waals surface area contributed by atoms with E-state index < -0.39 is 11.6 Å². The van der Waals surface area contributed by atoms with Crippen molar-refractivity contribution in [3.05, 3.63) is 52.0 Å². The average Bonchev–Trinajstić information content (AvgIpc) is 2.46. The summed E-state index contributed by atoms with van der Waals surface area (Å²) in [5.41, 5.74) is 6.46. The van der Waals surface area contributed by atoms with Crippen LogP contribution in [0.15, 0.2) is 39.7 Å². The van der Waals surface area contributed by atoms with E-state index in [1.807, 2.05) is 6.92 Å². The molecule has 0 aliphatic heterocycles. The predicted molar refractivity (Wildman–Crippen MR) is 85.6 cm³/mol. The van der Waals surface area contributed by atoms with Crippen molar-refractivity contribution in [3.63, 3.8) is 0 Å². The van der Waals surface area contributed by atoms with E-state index in [9.17, 15) is 8.78 Å². The van der Waals surface area contributed by atoms with Crippen molar-refractivity contribution in [1.29, 1.82) is 0 Å². The minimum Gasteiger partial charge on any atom is -0.494 e. The van der Waals surface area contributed by atoms with Gasteiger partial charge in [0, 0.05) is 21.9 Å². The summed E-state index contributed by atoms with van der Waals surface area (Å²) >= 11 is 4.33. The van der Waals surface area contributed by atoms with E-state index in [1.54, 1.807) is 18.2 Å². The van der Waals surface area contributed by atoms with E-state index in [0.717, 1.165) is 4.90 Å². The van der Waals surface area contributed by atoms with Gasteiger partial charge in [-0.25, -0.2) is 8.78 Å². The van der Waals surface area contributed by atoms with Crippen molar-refractivity contribution in [1.82, 2.24) is 0 Å². The smallest absolute Gasteiger partial charge is 0.144 e. The summed E-state index contributed by atoms with van der Waals surface area (Å²) in [6.07, 6.45) is 0. The lowest BCUT2D eigenvalue weighted by Gasteiger charge is -2.10. The first-order valence-electron chi connectivity index (χ1n) is 6.30. The zero-order chi connectivity index (χ0) is 15.4. The van der Waals surface area contributed by atoms with Crippen molar-refractivity contribution < 1.29 is 13.5 Å². The molecule has 0 aromatic heterocycles. The number of hydrogen-bond acceptors (Lipinski definition) is 3. The Morgan fingerprint density at radius 2 is 2.00 bits per heavy atom. The molecule has 0 radical (unpaired) electrons. The third-order valence-electron chi connectivity index (χ3n) is 2.81. The topological polar surface area (TPSA) is 35.2 Å². The standard InChI is InChI=1S/C15H14BrF2NOS/c1-2-20-9-3-6-13(19)14(7-9)21-8-10-12(17)5-4-11(16)15(10)18/h3-7H,2,8,19H2,1H3. The van der Waals surface area contributed by atoms with Gasteiger partial charge in [-0.1, -0.05) is 0 Å². The Morgan fingerprint density at radius 3 is 2.71 bits per heavy atom. The quantitative estimate of drug-likeness (QED) is 0.455. The van der Waals surface area contributed by atoms with Gasteiger partial charge < -0.3 is 10.5 Å². The summed E-state index contributed by atoms with van der Waals surface area (Å²) in [4.78, 5) is 0.736. The fraction of sp³-hybridized carbons (Fsp3) is 0.200. The number of thioether (sulfide) groups is 1. The number of halogens is 3. The van der Waals surface area contributed by atoms with Crippen LogP contribution in [0.3, 0.4) is 0 Å². The second kappa shape index (κ2) is 7.13. The van der Waals surface area contributed by atoms with Gasteiger partial charge in [-0.05, 0) is 53.2 Å². The maximum absolute atomic E-state index is 13.9.